The average molecular weight is 86.1 g/mol. The van der Waals surface area contributed by atoms with Crippen LogP contribution in [0.15, 0.2) is 12.7 Å². The summed E-state index contributed by atoms with van der Waals surface area (Å²) in [7, 11) is 0. The highest BCUT2D eigenvalue weighted by Crippen LogP contribution is 1.67. The van der Waals surface area contributed by atoms with E-state index in [2.05, 4.69) is 6.58 Å². The molecule has 0 saturated carbocycles. The lowest BCUT2D eigenvalue weighted by atomic mass is 10.3. The Hall–Kier alpha value is -0.340. The number of hydrogen-bond donors (Lipinski definition) is 2. The molecule has 0 fully saturated rings. The van der Waals surface area contributed by atoms with Crippen LogP contribution < -0.4 is 11.5 Å². The minimum Gasteiger partial charge on any atom is -0.329 e. The van der Waals surface area contributed by atoms with Gasteiger partial charge in [0.25, 0.3) is 0 Å². The summed E-state index contributed by atoms with van der Waals surface area (Å²) in [5.74, 6) is 0. The van der Waals surface area contributed by atoms with Gasteiger partial charge < -0.3 is 11.5 Å². The molecule has 2 heteroatoms. The second kappa shape index (κ2) is 2.87. The summed E-state index contributed by atoms with van der Waals surface area (Å²) >= 11 is 0. The van der Waals surface area contributed by atoms with Crippen molar-refractivity contribution in [2.24, 2.45) is 11.5 Å². The molecular formula is C4H10N2. The van der Waals surface area contributed by atoms with Crippen molar-refractivity contribution < 1.29 is 0 Å². The molecule has 0 radical (unpaired) electrons. The van der Waals surface area contributed by atoms with Crippen LogP contribution in [0.1, 0.15) is 0 Å². The molecule has 0 aliphatic carbocycles. The van der Waals surface area contributed by atoms with Gasteiger partial charge in [-0.2, -0.15) is 0 Å². The van der Waals surface area contributed by atoms with Crippen LogP contribution in [0.2, 0.25) is 0 Å². The van der Waals surface area contributed by atoms with Crippen molar-refractivity contribution in [1.29, 1.82) is 0 Å². The molecule has 0 spiro atoms. The van der Waals surface area contributed by atoms with E-state index in [0.29, 0.717) is 6.54 Å². The SMILES string of the molecule is C=CC(N)CN. The Morgan fingerprint density at radius 3 is 2.33 bits per heavy atom. The summed E-state index contributed by atoms with van der Waals surface area (Å²) in [6.45, 7) is 3.92. The van der Waals surface area contributed by atoms with Crippen molar-refractivity contribution in [3.63, 3.8) is 0 Å². The van der Waals surface area contributed by atoms with Crippen molar-refractivity contribution >= 4 is 0 Å². The van der Waals surface area contributed by atoms with Crippen LogP contribution >= 0.6 is 0 Å². The van der Waals surface area contributed by atoms with E-state index in [9.17, 15) is 0 Å². The maximum atomic E-state index is 5.23. The van der Waals surface area contributed by atoms with Crippen molar-refractivity contribution in [3.8, 4) is 0 Å². The van der Waals surface area contributed by atoms with E-state index >= 15 is 0 Å². The van der Waals surface area contributed by atoms with E-state index in [1.54, 1.807) is 6.08 Å². The van der Waals surface area contributed by atoms with Gasteiger partial charge in [-0.3, -0.25) is 0 Å². The average Bonchev–Trinajstić information content (AvgIpc) is 1.65. The molecule has 4 N–H and O–H groups in total. The first kappa shape index (κ1) is 5.66. The second-order valence-electron chi connectivity index (χ2n) is 1.14. The topological polar surface area (TPSA) is 52.0 Å². The van der Waals surface area contributed by atoms with Crippen LogP contribution in [0.5, 0.6) is 0 Å². The highest BCUT2D eigenvalue weighted by Gasteiger charge is 1.84. The molecule has 0 bridgehead atoms. The zero-order valence-corrected chi connectivity index (χ0v) is 3.72. The van der Waals surface area contributed by atoms with E-state index in [1.807, 2.05) is 0 Å². The van der Waals surface area contributed by atoms with Crippen LogP contribution in [-0.2, 0) is 0 Å². The predicted octanol–water partition coefficient (Wildman–Crippen LogP) is -0.542. The van der Waals surface area contributed by atoms with E-state index in [4.69, 9.17) is 11.5 Å². The highest BCUT2D eigenvalue weighted by atomic mass is 14.7. The van der Waals surface area contributed by atoms with Crippen molar-refractivity contribution in [2.45, 2.75) is 6.04 Å². The fourth-order valence-corrected chi connectivity index (χ4v) is 0.0962. The van der Waals surface area contributed by atoms with E-state index in [-0.39, 0.29) is 6.04 Å². The van der Waals surface area contributed by atoms with Crippen molar-refractivity contribution in [1.82, 2.24) is 0 Å². The molecule has 0 aliphatic heterocycles. The second-order valence-corrected chi connectivity index (χ2v) is 1.14. The highest BCUT2D eigenvalue weighted by molar-refractivity contribution is 4.82. The molecule has 0 aromatic carbocycles. The van der Waals surface area contributed by atoms with Gasteiger partial charge in [0.15, 0.2) is 0 Å². The smallest absolute Gasteiger partial charge is 0.0346 e. The fraction of sp³-hybridized carbons (Fsp3) is 0.500. The maximum Gasteiger partial charge on any atom is 0.0346 e. The zero-order chi connectivity index (χ0) is 4.99. The number of nitrogens with two attached hydrogens (primary N) is 2. The minimum absolute atomic E-state index is 0.0231. The molecule has 0 aliphatic rings. The lowest BCUT2D eigenvalue weighted by Gasteiger charge is -1.95. The lowest BCUT2D eigenvalue weighted by molar-refractivity contribution is 0.825. The van der Waals surface area contributed by atoms with E-state index < -0.39 is 0 Å². The molecule has 0 aromatic rings. The van der Waals surface area contributed by atoms with E-state index in [1.165, 1.54) is 0 Å². The predicted molar refractivity (Wildman–Crippen MR) is 27.2 cm³/mol. The third-order valence-electron chi connectivity index (χ3n) is 0.575. The number of hydrogen-bond acceptors (Lipinski definition) is 2. The summed E-state index contributed by atoms with van der Waals surface area (Å²) in [5, 5.41) is 0. The molecule has 0 rings (SSSR count). The summed E-state index contributed by atoms with van der Waals surface area (Å²) in [6.07, 6.45) is 1.62. The molecule has 1 atom stereocenters. The summed E-state index contributed by atoms with van der Waals surface area (Å²) in [5.41, 5.74) is 10.3. The Balaban J connectivity index is 2.96. The van der Waals surface area contributed by atoms with Crippen molar-refractivity contribution in [3.05, 3.63) is 12.7 Å². The molecule has 36 valence electrons. The molecule has 2 nitrogen and oxygen atoms in total. The lowest BCUT2D eigenvalue weighted by Crippen LogP contribution is -2.26. The Bertz CT molecular complexity index is 42.8. The van der Waals surface area contributed by atoms with Gasteiger partial charge in [0.2, 0.25) is 0 Å². The van der Waals surface area contributed by atoms with Gasteiger partial charge in [-0.15, -0.1) is 6.58 Å². The fourth-order valence-electron chi connectivity index (χ4n) is 0.0962. The third-order valence-corrected chi connectivity index (χ3v) is 0.575. The Kier molecular flexibility index (Phi) is 2.71. The van der Waals surface area contributed by atoms with Crippen LogP contribution in [0.4, 0.5) is 0 Å². The van der Waals surface area contributed by atoms with Crippen LogP contribution in [0, 0.1) is 0 Å². The zero-order valence-electron chi connectivity index (χ0n) is 3.72. The maximum absolute atomic E-state index is 5.23. The van der Waals surface area contributed by atoms with Crippen molar-refractivity contribution in [2.75, 3.05) is 6.54 Å². The summed E-state index contributed by atoms with van der Waals surface area (Å²) < 4.78 is 0. The Morgan fingerprint density at radius 1 is 1.83 bits per heavy atom. The largest absolute Gasteiger partial charge is 0.329 e. The molecule has 0 aromatic heterocycles. The monoisotopic (exact) mass is 86.1 g/mol. The molecule has 0 saturated heterocycles. The van der Waals surface area contributed by atoms with Gasteiger partial charge in [0.1, 0.15) is 0 Å². The van der Waals surface area contributed by atoms with Gasteiger partial charge in [-0.05, 0) is 0 Å². The van der Waals surface area contributed by atoms with Crippen LogP contribution in [-0.4, -0.2) is 12.6 Å². The first-order valence-electron chi connectivity index (χ1n) is 1.89. The Labute approximate surface area is 37.8 Å². The normalized spacial score (nSPS) is 13.7. The van der Waals surface area contributed by atoms with Gasteiger partial charge in [-0.1, -0.05) is 6.08 Å². The Morgan fingerprint density at radius 2 is 2.33 bits per heavy atom. The van der Waals surface area contributed by atoms with Crippen LogP contribution in [0.25, 0.3) is 0 Å². The first-order valence-corrected chi connectivity index (χ1v) is 1.89. The van der Waals surface area contributed by atoms with Gasteiger partial charge in [-0.25, -0.2) is 0 Å². The molecule has 1 unspecified atom stereocenters. The van der Waals surface area contributed by atoms with E-state index in [0.717, 1.165) is 0 Å². The molecule has 0 heterocycles. The molecule has 0 amide bonds. The van der Waals surface area contributed by atoms with Crippen LogP contribution in [0.3, 0.4) is 0 Å². The van der Waals surface area contributed by atoms with Gasteiger partial charge in [0, 0.05) is 12.6 Å². The first-order chi connectivity index (χ1) is 2.81. The molecular weight excluding hydrogens is 76.1 g/mol. The standard InChI is InChI=1S/C4H10N2/c1-2-4(6)3-5/h2,4H,1,3,5-6H2. The number of rotatable bonds is 2. The summed E-state index contributed by atoms with van der Waals surface area (Å²) in [6, 6.07) is -0.0231. The quantitative estimate of drug-likeness (QED) is 0.443. The summed E-state index contributed by atoms with van der Waals surface area (Å²) in [4.78, 5) is 0. The van der Waals surface area contributed by atoms with Gasteiger partial charge >= 0.3 is 0 Å². The third kappa shape index (κ3) is 1.93. The minimum atomic E-state index is -0.0231. The molecule has 6 heavy (non-hydrogen) atoms. The van der Waals surface area contributed by atoms with Gasteiger partial charge in [0.05, 0.1) is 0 Å².